The fraction of sp³-hybridized carbons (Fsp3) is 0.133. The molecule has 0 fully saturated rings. The first kappa shape index (κ1) is 25.5. The first-order valence-electron chi connectivity index (χ1n) is 12.0. The van der Waals surface area contributed by atoms with Crippen molar-refractivity contribution in [3.05, 3.63) is 89.2 Å². The molecule has 0 saturated heterocycles. The van der Waals surface area contributed by atoms with Crippen LogP contribution in [0.15, 0.2) is 66.9 Å². The molecule has 5 rings (SSSR count). The third-order valence-corrected chi connectivity index (χ3v) is 7.16. The van der Waals surface area contributed by atoms with Crippen LogP contribution >= 0.6 is 11.3 Å². The zero-order valence-electron chi connectivity index (χ0n) is 21.4. The third kappa shape index (κ3) is 5.17. The monoisotopic (exact) mass is 530 g/mol. The van der Waals surface area contributed by atoms with E-state index in [9.17, 15) is 10.1 Å². The molecule has 190 valence electrons. The highest BCUT2D eigenvalue weighted by atomic mass is 32.1. The number of ether oxygens (including phenoxy) is 1. The minimum absolute atomic E-state index is 0.178. The van der Waals surface area contributed by atoms with Crippen molar-refractivity contribution in [1.29, 1.82) is 10.5 Å². The summed E-state index contributed by atoms with van der Waals surface area (Å²) in [6.45, 7) is 3.70. The number of carbonyl (C=O) groups excluding carboxylic acids is 1. The molecule has 39 heavy (non-hydrogen) atoms. The topological polar surface area (TPSA) is 125 Å². The molecular formula is C30H22N6O2S. The Bertz CT molecular complexity index is 1800. The van der Waals surface area contributed by atoms with E-state index in [0.717, 1.165) is 22.5 Å². The lowest BCUT2D eigenvalue weighted by Gasteiger charge is -2.13. The van der Waals surface area contributed by atoms with Crippen molar-refractivity contribution in [3.63, 3.8) is 0 Å². The summed E-state index contributed by atoms with van der Waals surface area (Å²) in [5.41, 5.74) is 6.04. The Hall–Kier alpha value is -5.12. The Kier molecular flexibility index (Phi) is 7.00. The van der Waals surface area contributed by atoms with Crippen molar-refractivity contribution in [2.45, 2.75) is 19.8 Å². The van der Waals surface area contributed by atoms with Crippen LogP contribution in [0.2, 0.25) is 0 Å². The number of aromatic nitrogens is 3. The Morgan fingerprint density at radius 3 is 2.54 bits per heavy atom. The fourth-order valence-electron chi connectivity index (χ4n) is 4.16. The molecule has 1 amide bonds. The second kappa shape index (κ2) is 10.7. The molecule has 3 heterocycles. The molecule has 2 aromatic carbocycles. The lowest BCUT2D eigenvalue weighted by Crippen LogP contribution is -2.14. The number of carbonyl (C=O) groups is 1. The van der Waals surface area contributed by atoms with Crippen molar-refractivity contribution in [2.75, 3.05) is 12.4 Å². The van der Waals surface area contributed by atoms with E-state index in [-0.39, 0.29) is 11.8 Å². The molecule has 9 heteroatoms. The highest BCUT2D eigenvalue weighted by molar-refractivity contribution is 7.22. The number of thiazole rings is 1. The van der Waals surface area contributed by atoms with E-state index in [2.05, 4.69) is 27.4 Å². The van der Waals surface area contributed by atoms with E-state index in [0.29, 0.717) is 43.5 Å². The van der Waals surface area contributed by atoms with Crippen LogP contribution in [0.3, 0.4) is 0 Å². The van der Waals surface area contributed by atoms with Gasteiger partial charge >= 0.3 is 0 Å². The number of nitrogens with one attached hydrogen (secondary N) is 1. The van der Waals surface area contributed by atoms with E-state index < -0.39 is 0 Å². The van der Waals surface area contributed by atoms with Crippen LogP contribution in [-0.2, 0) is 0 Å². The summed E-state index contributed by atoms with van der Waals surface area (Å²) >= 11 is 1.27. The van der Waals surface area contributed by atoms with Gasteiger partial charge in [-0.2, -0.15) is 10.5 Å². The van der Waals surface area contributed by atoms with Gasteiger partial charge in [-0.05, 0) is 55.8 Å². The first-order valence-corrected chi connectivity index (χ1v) is 12.9. The number of fused-ring (bicyclic) bond motifs is 1. The zero-order chi connectivity index (χ0) is 27.5. The molecule has 0 aliphatic heterocycles. The lowest BCUT2D eigenvalue weighted by molar-refractivity contribution is 0.102. The van der Waals surface area contributed by atoms with Gasteiger partial charge in [0.05, 0.1) is 42.0 Å². The number of amides is 1. The SMILES string of the molecule is COc1ccc(C#N)cc1-c1cc(C)ncc1C(=O)Nc1nc2ccc(-c3ccc([C@H](C)C#N)cc3)nc2s1. The predicted molar refractivity (Wildman–Crippen MR) is 151 cm³/mol. The Morgan fingerprint density at radius 1 is 1.03 bits per heavy atom. The van der Waals surface area contributed by atoms with Gasteiger partial charge in [-0.3, -0.25) is 15.1 Å². The number of rotatable bonds is 6. The van der Waals surface area contributed by atoms with Gasteiger partial charge < -0.3 is 4.74 Å². The van der Waals surface area contributed by atoms with Crippen LogP contribution in [0.25, 0.3) is 32.7 Å². The molecule has 0 unspecified atom stereocenters. The molecule has 1 atom stereocenters. The molecule has 8 nitrogen and oxygen atoms in total. The highest BCUT2D eigenvalue weighted by Gasteiger charge is 2.19. The first-order chi connectivity index (χ1) is 18.9. The van der Waals surface area contributed by atoms with Crippen LogP contribution in [0.5, 0.6) is 5.75 Å². The van der Waals surface area contributed by atoms with E-state index in [4.69, 9.17) is 15.0 Å². The molecule has 0 aliphatic rings. The maximum absolute atomic E-state index is 13.4. The molecular weight excluding hydrogens is 508 g/mol. The number of benzene rings is 2. The predicted octanol–water partition coefficient (Wildman–Crippen LogP) is 6.49. The van der Waals surface area contributed by atoms with Gasteiger partial charge in [-0.15, -0.1) is 0 Å². The van der Waals surface area contributed by atoms with Gasteiger partial charge in [-0.1, -0.05) is 35.6 Å². The van der Waals surface area contributed by atoms with E-state index in [1.165, 1.54) is 17.5 Å². The largest absolute Gasteiger partial charge is 0.496 e. The summed E-state index contributed by atoms with van der Waals surface area (Å²) in [7, 11) is 1.54. The molecule has 5 aromatic rings. The number of nitrogens with zero attached hydrogens (tertiary/aromatic N) is 5. The molecule has 0 spiro atoms. The summed E-state index contributed by atoms with van der Waals surface area (Å²) < 4.78 is 5.51. The minimum Gasteiger partial charge on any atom is -0.496 e. The molecule has 3 aromatic heterocycles. The van der Waals surface area contributed by atoms with Gasteiger partial charge in [-0.25, -0.2) is 9.97 Å². The Balaban J connectivity index is 1.45. The number of methoxy groups -OCH3 is 1. The van der Waals surface area contributed by atoms with E-state index in [1.54, 1.807) is 31.4 Å². The molecule has 0 aliphatic carbocycles. The summed E-state index contributed by atoms with van der Waals surface area (Å²) in [6.07, 6.45) is 1.51. The van der Waals surface area contributed by atoms with Gasteiger partial charge in [0.25, 0.3) is 5.91 Å². The second-order valence-corrected chi connectivity index (χ2v) is 9.84. The summed E-state index contributed by atoms with van der Waals surface area (Å²) in [4.78, 5) is 27.7. The number of anilines is 1. The maximum Gasteiger partial charge on any atom is 0.259 e. The van der Waals surface area contributed by atoms with Crippen molar-refractivity contribution < 1.29 is 9.53 Å². The maximum atomic E-state index is 13.4. The zero-order valence-corrected chi connectivity index (χ0v) is 22.2. The van der Waals surface area contributed by atoms with Gasteiger partial charge in [0.2, 0.25) is 0 Å². The van der Waals surface area contributed by atoms with Crippen LogP contribution in [0.1, 0.15) is 40.0 Å². The summed E-state index contributed by atoms with van der Waals surface area (Å²) in [5.74, 6) is -0.0216. The quantitative estimate of drug-likeness (QED) is 0.266. The van der Waals surface area contributed by atoms with Crippen LogP contribution in [0, 0.1) is 29.6 Å². The number of nitriles is 2. The fourth-order valence-corrected chi connectivity index (χ4v) is 5.00. The molecule has 0 bridgehead atoms. The van der Waals surface area contributed by atoms with Gasteiger partial charge in [0, 0.05) is 28.6 Å². The molecule has 0 saturated carbocycles. The molecule has 0 radical (unpaired) electrons. The van der Waals surface area contributed by atoms with Gasteiger partial charge in [0.15, 0.2) is 5.13 Å². The average Bonchev–Trinajstić information content (AvgIpc) is 3.37. The smallest absolute Gasteiger partial charge is 0.259 e. The van der Waals surface area contributed by atoms with Crippen molar-refractivity contribution in [2.24, 2.45) is 0 Å². The van der Waals surface area contributed by atoms with Crippen molar-refractivity contribution in [3.8, 4) is 40.3 Å². The Morgan fingerprint density at radius 2 is 1.82 bits per heavy atom. The minimum atomic E-state index is -0.386. The van der Waals surface area contributed by atoms with E-state index >= 15 is 0 Å². The summed E-state index contributed by atoms with van der Waals surface area (Å²) in [5, 5.41) is 21.8. The average molecular weight is 531 g/mol. The lowest BCUT2D eigenvalue weighted by atomic mass is 9.97. The highest BCUT2D eigenvalue weighted by Crippen LogP contribution is 2.35. The normalized spacial score (nSPS) is 11.4. The van der Waals surface area contributed by atoms with Crippen LogP contribution in [0.4, 0.5) is 5.13 Å². The third-order valence-electron chi connectivity index (χ3n) is 6.28. The van der Waals surface area contributed by atoms with Crippen LogP contribution in [-0.4, -0.2) is 28.0 Å². The number of aryl methyl sites for hydroxylation is 1. The second-order valence-electron chi connectivity index (χ2n) is 8.86. The van der Waals surface area contributed by atoms with Crippen molar-refractivity contribution in [1.82, 2.24) is 15.0 Å². The standard InChI is InChI=1S/C30H22N6O2S/c1-17(14-31)20-5-7-21(8-6-20)25-9-10-26-29(34-25)39-30(35-26)36-28(37)24-16-33-18(2)12-22(24)23-13-19(15-32)4-11-27(23)38-3/h4-13,16-17H,1-3H3,(H,35,36,37)/t17-/m1/s1. The number of pyridine rings is 2. The van der Waals surface area contributed by atoms with E-state index in [1.807, 2.05) is 50.2 Å². The Labute approximate surface area is 229 Å². The van der Waals surface area contributed by atoms with Crippen LogP contribution < -0.4 is 10.1 Å². The summed E-state index contributed by atoms with van der Waals surface area (Å²) in [6, 6.07) is 22.7. The van der Waals surface area contributed by atoms with Gasteiger partial charge in [0.1, 0.15) is 16.1 Å². The number of hydrogen-bond acceptors (Lipinski definition) is 8. The number of hydrogen-bond donors (Lipinski definition) is 1. The van der Waals surface area contributed by atoms with Crippen molar-refractivity contribution >= 4 is 32.7 Å². The molecule has 1 N–H and O–H groups in total.